The molecule has 108 valence electrons. The maximum Gasteiger partial charge on any atom is 0.101 e. The second-order valence-corrected chi connectivity index (χ2v) is 6.90. The van der Waals surface area contributed by atoms with Gasteiger partial charge in [-0.2, -0.15) is 5.26 Å². The van der Waals surface area contributed by atoms with Crippen LogP contribution in [0.2, 0.25) is 5.02 Å². The van der Waals surface area contributed by atoms with Gasteiger partial charge in [0.2, 0.25) is 0 Å². The molecule has 1 aromatic carbocycles. The van der Waals surface area contributed by atoms with Crippen LogP contribution in [-0.4, -0.2) is 6.54 Å². The van der Waals surface area contributed by atoms with Crippen LogP contribution >= 0.6 is 11.6 Å². The summed E-state index contributed by atoms with van der Waals surface area (Å²) in [6.45, 7) is 5.53. The predicted molar refractivity (Wildman–Crippen MR) is 85.0 cm³/mol. The Balaban J connectivity index is 2.10. The fourth-order valence-corrected chi connectivity index (χ4v) is 3.66. The predicted octanol–water partition coefficient (Wildman–Crippen LogP) is 5.23. The summed E-state index contributed by atoms with van der Waals surface area (Å²) in [5.41, 5.74) is 1.94. The minimum Gasteiger partial charge on any atom is -0.383 e. The van der Waals surface area contributed by atoms with E-state index in [0.29, 0.717) is 21.9 Å². The molecule has 1 fully saturated rings. The Morgan fingerprint density at radius 2 is 2.05 bits per heavy atom. The van der Waals surface area contributed by atoms with Gasteiger partial charge in [0.1, 0.15) is 6.07 Å². The van der Waals surface area contributed by atoms with Crippen molar-refractivity contribution in [2.75, 3.05) is 11.9 Å². The van der Waals surface area contributed by atoms with Crippen molar-refractivity contribution in [1.29, 1.82) is 5.26 Å². The van der Waals surface area contributed by atoms with Crippen LogP contribution in [-0.2, 0) is 0 Å². The Morgan fingerprint density at radius 3 is 2.65 bits per heavy atom. The fourth-order valence-electron chi connectivity index (χ4n) is 3.49. The number of halogens is 1. The maximum absolute atomic E-state index is 9.18. The lowest BCUT2D eigenvalue weighted by Gasteiger charge is -2.31. The number of nitrogens with zero attached hydrogens (tertiary/aromatic N) is 1. The van der Waals surface area contributed by atoms with Gasteiger partial charge in [0.15, 0.2) is 0 Å². The van der Waals surface area contributed by atoms with Crippen LogP contribution in [0.5, 0.6) is 0 Å². The van der Waals surface area contributed by atoms with E-state index in [1.807, 2.05) is 6.07 Å². The van der Waals surface area contributed by atoms with Crippen LogP contribution in [0.1, 0.15) is 51.5 Å². The molecule has 0 bridgehead atoms. The minimum atomic E-state index is 0.392. The van der Waals surface area contributed by atoms with Crippen molar-refractivity contribution in [1.82, 2.24) is 0 Å². The first kappa shape index (κ1) is 15.2. The lowest BCUT2D eigenvalue weighted by Crippen LogP contribution is -2.28. The average Bonchev–Trinajstić information content (AvgIpc) is 2.84. The van der Waals surface area contributed by atoms with Crippen molar-refractivity contribution in [2.24, 2.45) is 11.3 Å². The molecule has 1 saturated carbocycles. The molecule has 1 aliphatic rings. The average molecular weight is 291 g/mol. The summed E-state index contributed by atoms with van der Waals surface area (Å²) < 4.78 is 0. The first-order valence-electron chi connectivity index (χ1n) is 7.48. The third-order valence-electron chi connectivity index (χ3n) is 4.26. The fraction of sp³-hybridized carbons (Fsp3) is 0.588. The molecule has 1 aromatic rings. The molecular weight excluding hydrogens is 268 g/mol. The van der Waals surface area contributed by atoms with Crippen LogP contribution in [0.15, 0.2) is 18.2 Å². The number of nitriles is 1. The van der Waals surface area contributed by atoms with Crippen LogP contribution in [0.25, 0.3) is 0 Å². The molecule has 20 heavy (non-hydrogen) atoms. The maximum atomic E-state index is 9.18. The van der Waals surface area contributed by atoms with E-state index < -0.39 is 0 Å². The van der Waals surface area contributed by atoms with E-state index in [-0.39, 0.29) is 0 Å². The number of rotatable bonds is 5. The Kier molecular flexibility index (Phi) is 4.94. The zero-order valence-corrected chi connectivity index (χ0v) is 13.1. The Morgan fingerprint density at radius 1 is 1.35 bits per heavy atom. The molecule has 2 rings (SSSR count). The summed E-state index contributed by atoms with van der Waals surface area (Å²) in [5.74, 6) is 0.713. The van der Waals surface area contributed by atoms with Gasteiger partial charge in [-0.15, -0.1) is 0 Å². The highest BCUT2D eigenvalue weighted by Crippen LogP contribution is 2.43. The van der Waals surface area contributed by atoms with E-state index in [2.05, 4.69) is 25.2 Å². The van der Waals surface area contributed by atoms with Gasteiger partial charge in [-0.25, -0.2) is 0 Å². The molecule has 0 heterocycles. The normalized spacial score (nSPS) is 17.1. The highest BCUT2D eigenvalue weighted by Gasteiger charge is 2.34. The quantitative estimate of drug-likeness (QED) is 0.806. The molecule has 0 aromatic heterocycles. The van der Waals surface area contributed by atoms with Crippen molar-refractivity contribution in [3.8, 4) is 6.07 Å². The van der Waals surface area contributed by atoms with Crippen LogP contribution < -0.4 is 5.32 Å². The number of anilines is 1. The van der Waals surface area contributed by atoms with E-state index >= 15 is 0 Å². The van der Waals surface area contributed by atoms with Gasteiger partial charge in [0.25, 0.3) is 0 Å². The van der Waals surface area contributed by atoms with Crippen molar-refractivity contribution >= 4 is 17.3 Å². The molecule has 3 heteroatoms. The van der Waals surface area contributed by atoms with E-state index in [9.17, 15) is 5.26 Å². The molecule has 0 aliphatic heterocycles. The number of benzene rings is 1. The molecule has 2 nitrogen and oxygen atoms in total. The smallest absolute Gasteiger partial charge is 0.101 e. The lowest BCUT2D eigenvalue weighted by molar-refractivity contribution is 0.252. The van der Waals surface area contributed by atoms with Crippen LogP contribution in [0.4, 0.5) is 5.69 Å². The van der Waals surface area contributed by atoms with Gasteiger partial charge in [-0.3, -0.25) is 0 Å². The van der Waals surface area contributed by atoms with Gasteiger partial charge >= 0.3 is 0 Å². The summed E-state index contributed by atoms with van der Waals surface area (Å²) in [6, 6.07) is 7.64. The summed E-state index contributed by atoms with van der Waals surface area (Å²) in [6.07, 6.45) is 6.49. The highest BCUT2D eigenvalue weighted by atomic mass is 35.5. The molecule has 0 unspecified atom stereocenters. The molecule has 0 atom stereocenters. The lowest BCUT2D eigenvalue weighted by atomic mass is 9.78. The monoisotopic (exact) mass is 290 g/mol. The van der Waals surface area contributed by atoms with Gasteiger partial charge < -0.3 is 5.32 Å². The van der Waals surface area contributed by atoms with Crippen molar-refractivity contribution in [2.45, 2.75) is 46.0 Å². The standard InChI is InChI=1S/C17H23ClN2/c1-13(2)10-17(7-3-4-8-17)12-20-16-9-15(18)6-5-14(16)11-19/h5-6,9,13,20H,3-4,7-8,10,12H2,1-2H3. The zero-order valence-electron chi connectivity index (χ0n) is 12.4. The summed E-state index contributed by atoms with van der Waals surface area (Å²) in [4.78, 5) is 0. The third-order valence-corrected chi connectivity index (χ3v) is 4.50. The van der Waals surface area contributed by atoms with Crippen LogP contribution in [0, 0.1) is 22.7 Å². The Bertz CT molecular complexity index is 496. The molecule has 0 saturated heterocycles. The first-order valence-corrected chi connectivity index (χ1v) is 7.86. The molecule has 1 N–H and O–H groups in total. The SMILES string of the molecule is CC(C)CC1(CNc2cc(Cl)ccc2C#N)CCCC1. The summed E-state index contributed by atoms with van der Waals surface area (Å²) in [7, 11) is 0. The number of hydrogen-bond acceptors (Lipinski definition) is 2. The minimum absolute atomic E-state index is 0.392. The summed E-state index contributed by atoms with van der Waals surface area (Å²) in [5, 5.41) is 13.3. The molecular formula is C17H23ClN2. The van der Waals surface area contributed by atoms with Crippen molar-refractivity contribution in [3.05, 3.63) is 28.8 Å². The van der Waals surface area contributed by atoms with Gasteiger partial charge in [0.05, 0.1) is 11.3 Å². The van der Waals surface area contributed by atoms with Crippen molar-refractivity contribution in [3.63, 3.8) is 0 Å². The summed E-state index contributed by atoms with van der Waals surface area (Å²) >= 11 is 6.04. The van der Waals surface area contributed by atoms with Crippen LogP contribution in [0.3, 0.4) is 0 Å². The van der Waals surface area contributed by atoms with Crippen molar-refractivity contribution < 1.29 is 0 Å². The molecule has 1 aliphatic carbocycles. The van der Waals surface area contributed by atoms with E-state index in [1.54, 1.807) is 12.1 Å². The molecule has 0 radical (unpaired) electrons. The van der Waals surface area contributed by atoms with E-state index in [1.165, 1.54) is 32.1 Å². The Hall–Kier alpha value is -1.20. The van der Waals surface area contributed by atoms with Gasteiger partial charge in [-0.1, -0.05) is 38.3 Å². The highest BCUT2D eigenvalue weighted by molar-refractivity contribution is 6.30. The van der Waals surface area contributed by atoms with E-state index in [0.717, 1.165) is 12.2 Å². The zero-order chi connectivity index (χ0) is 14.6. The second-order valence-electron chi connectivity index (χ2n) is 6.46. The van der Waals surface area contributed by atoms with E-state index in [4.69, 9.17) is 11.6 Å². The largest absolute Gasteiger partial charge is 0.383 e. The number of nitrogens with one attached hydrogen (secondary N) is 1. The topological polar surface area (TPSA) is 35.8 Å². The Labute approximate surface area is 127 Å². The number of hydrogen-bond donors (Lipinski definition) is 1. The molecule has 0 amide bonds. The second kappa shape index (κ2) is 6.50. The molecule has 0 spiro atoms. The first-order chi connectivity index (χ1) is 9.54. The third kappa shape index (κ3) is 3.67. The van der Waals surface area contributed by atoms with Gasteiger partial charge in [0, 0.05) is 11.6 Å². The van der Waals surface area contributed by atoms with Gasteiger partial charge in [-0.05, 0) is 48.8 Å².